The van der Waals surface area contributed by atoms with Crippen molar-refractivity contribution in [2.75, 3.05) is 5.32 Å². The number of halogens is 2. The van der Waals surface area contributed by atoms with Crippen molar-refractivity contribution in [2.45, 2.75) is 19.4 Å². The van der Waals surface area contributed by atoms with Crippen molar-refractivity contribution in [3.05, 3.63) is 66.8 Å². The van der Waals surface area contributed by atoms with Gasteiger partial charge >= 0.3 is 0 Å². The highest BCUT2D eigenvalue weighted by Crippen LogP contribution is 2.30. The van der Waals surface area contributed by atoms with Gasteiger partial charge in [-0.2, -0.15) is 0 Å². The van der Waals surface area contributed by atoms with Gasteiger partial charge in [-0.3, -0.25) is 9.55 Å². The van der Waals surface area contributed by atoms with E-state index in [2.05, 4.69) is 30.2 Å². The number of nitrogens with zero attached hydrogens (tertiary/aromatic N) is 6. The summed E-state index contributed by atoms with van der Waals surface area (Å²) in [5, 5.41) is 3.36. The molecular formula is C20H16F2N8. The average molecular weight is 406 g/mol. The summed E-state index contributed by atoms with van der Waals surface area (Å²) in [6.45, 7) is 1.98. The highest BCUT2D eigenvalue weighted by atomic mass is 19.1. The summed E-state index contributed by atoms with van der Waals surface area (Å²) >= 11 is 0. The van der Waals surface area contributed by atoms with E-state index in [0.717, 1.165) is 6.20 Å². The Labute approximate surface area is 169 Å². The molecule has 150 valence electrons. The summed E-state index contributed by atoms with van der Waals surface area (Å²) in [5.41, 5.74) is 2.76. The van der Waals surface area contributed by atoms with Crippen molar-refractivity contribution in [3.8, 4) is 5.69 Å². The second kappa shape index (κ2) is 7.14. The molecule has 1 atom stereocenters. The molecule has 0 aliphatic carbocycles. The van der Waals surface area contributed by atoms with E-state index in [9.17, 15) is 8.78 Å². The molecule has 2 N–H and O–H groups in total. The molecule has 0 amide bonds. The third-order valence-electron chi connectivity index (χ3n) is 4.84. The first kappa shape index (κ1) is 18.1. The highest BCUT2D eigenvalue weighted by Gasteiger charge is 2.22. The zero-order chi connectivity index (χ0) is 20.7. The van der Waals surface area contributed by atoms with E-state index in [-0.39, 0.29) is 6.04 Å². The average Bonchev–Trinajstić information content (AvgIpc) is 3.36. The number of anilines is 1. The van der Waals surface area contributed by atoms with Crippen LogP contribution in [0.3, 0.4) is 0 Å². The smallest absolute Gasteiger partial charge is 0.182 e. The largest absolute Gasteiger partial charge is 0.358 e. The Hall–Kier alpha value is -3.95. The minimum Gasteiger partial charge on any atom is -0.358 e. The number of aromatic amines is 1. The molecular weight excluding hydrogens is 390 g/mol. The molecule has 8 nitrogen and oxygen atoms in total. The maximum atomic E-state index is 14.0. The SMILES string of the molecule is CCC(Nc1ncnc2nc[nH]c12)c1nc2ccc(F)cc2n1-c1cncc(F)c1. The maximum Gasteiger partial charge on any atom is 0.182 e. The number of hydrogen-bond acceptors (Lipinski definition) is 6. The van der Waals surface area contributed by atoms with Crippen molar-refractivity contribution >= 4 is 28.0 Å². The van der Waals surface area contributed by atoms with E-state index in [0.29, 0.717) is 45.9 Å². The van der Waals surface area contributed by atoms with Crippen LogP contribution in [0.2, 0.25) is 0 Å². The van der Waals surface area contributed by atoms with Gasteiger partial charge in [-0.25, -0.2) is 28.7 Å². The number of aromatic nitrogens is 7. The summed E-state index contributed by atoms with van der Waals surface area (Å²) in [7, 11) is 0. The van der Waals surface area contributed by atoms with Crippen molar-refractivity contribution in [1.29, 1.82) is 0 Å². The molecule has 1 unspecified atom stereocenters. The normalized spacial score (nSPS) is 12.5. The van der Waals surface area contributed by atoms with Crippen LogP contribution in [0, 0.1) is 11.6 Å². The number of fused-ring (bicyclic) bond motifs is 2. The third-order valence-corrected chi connectivity index (χ3v) is 4.84. The second-order valence-corrected chi connectivity index (χ2v) is 6.73. The van der Waals surface area contributed by atoms with E-state index in [1.54, 1.807) is 17.0 Å². The molecule has 0 saturated heterocycles. The van der Waals surface area contributed by atoms with Crippen molar-refractivity contribution in [2.24, 2.45) is 0 Å². The summed E-state index contributed by atoms with van der Waals surface area (Å²) in [4.78, 5) is 24.3. The number of benzene rings is 1. The molecule has 0 saturated carbocycles. The van der Waals surface area contributed by atoms with Gasteiger partial charge in [0.05, 0.1) is 41.5 Å². The Bertz CT molecular complexity index is 1360. The lowest BCUT2D eigenvalue weighted by Gasteiger charge is -2.19. The first-order valence-corrected chi connectivity index (χ1v) is 9.33. The van der Waals surface area contributed by atoms with Gasteiger partial charge in [0.2, 0.25) is 0 Å². The molecule has 30 heavy (non-hydrogen) atoms. The summed E-state index contributed by atoms with van der Waals surface area (Å²) < 4.78 is 29.6. The second-order valence-electron chi connectivity index (χ2n) is 6.73. The Morgan fingerprint density at radius 1 is 1.10 bits per heavy atom. The van der Waals surface area contributed by atoms with Gasteiger partial charge in [0.1, 0.15) is 29.3 Å². The van der Waals surface area contributed by atoms with Gasteiger partial charge in [0.25, 0.3) is 0 Å². The fourth-order valence-electron chi connectivity index (χ4n) is 3.48. The van der Waals surface area contributed by atoms with Crippen molar-refractivity contribution in [1.82, 2.24) is 34.5 Å². The van der Waals surface area contributed by atoms with E-state index in [4.69, 9.17) is 4.98 Å². The van der Waals surface area contributed by atoms with Crippen LogP contribution in [0.1, 0.15) is 25.2 Å². The molecule has 5 rings (SSSR count). The maximum absolute atomic E-state index is 14.0. The van der Waals surface area contributed by atoms with Crippen LogP contribution in [0.25, 0.3) is 27.9 Å². The van der Waals surface area contributed by atoms with Crippen molar-refractivity contribution in [3.63, 3.8) is 0 Å². The topological polar surface area (TPSA) is 97.2 Å². The summed E-state index contributed by atoms with van der Waals surface area (Å²) in [6.07, 6.45) is 6.24. The van der Waals surface area contributed by atoms with Crippen LogP contribution in [-0.2, 0) is 0 Å². The Morgan fingerprint density at radius 3 is 2.83 bits per heavy atom. The first-order chi connectivity index (χ1) is 14.6. The molecule has 10 heteroatoms. The Kier molecular flexibility index (Phi) is 4.31. The fourth-order valence-corrected chi connectivity index (χ4v) is 3.48. The molecule has 0 aliphatic rings. The number of nitrogens with one attached hydrogen (secondary N) is 2. The van der Waals surface area contributed by atoms with E-state index < -0.39 is 11.6 Å². The molecule has 5 aromatic rings. The minimum atomic E-state index is -0.493. The number of rotatable bonds is 5. The quantitative estimate of drug-likeness (QED) is 0.459. The third kappa shape index (κ3) is 3.02. The molecule has 4 aromatic heterocycles. The number of hydrogen-bond donors (Lipinski definition) is 2. The first-order valence-electron chi connectivity index (χ1n) is 9.33. The van der Waals surface area contributed by atoms with Crippen LogP contribution < -0.4 is 5.32 Å². The van der Waals surface area contributed by atoms with E-state index in [1.165, 1.54) is 30.7 Å². The monoisotopic (exact) mass is 406 g/mol. The lowest BCUT2D eigenvalue weighted by Crippen LogP contribution is -2.16. The Balaban J connectivity index is 1.68. The highest BCUT2D eigenvalue weighted by molar-refractivity contribution is 5.82. The van der Waals surface area contributed by atoms with E-state index >= 15 is 0 Å². The van der Waals surface area contributed by atoms with Crippen molar-refractivity contribution < 1.29 is 8.78 Å². The molecule has 0 fully saturated rings. The van der Waals surface area contributed by atoms with Crippen LogP contribution in [-0.4, -0.2) is 34.5 Å². The van der Waals surface area contributed by atoms with Gasteiger partial charge in [-0.05, 0) is 18.6 Å². The van der Waals surface area contributed by atoms with Crippen LogP contribution >= 0.6 is 0 Å². The molecule has 0 radical (unpaired) electrons. The summed E-state index contributed by atoms with van der Waals surface area (Å²) in [5.74, 6) is 0.242. The predicted molar refractivity (Wildman–Crippen MR) is 107 cm³/mol. The number of imidazole rings is 2. The zero-order valence-electron chi connectivity index (χ0n) is 15.8. The number of pyridine rings is 1. The van der Waals surface area contributed by atoms with Crippen LogP contribution in [0.15, 0.2) is 49.3 Å². The van der Waals surface area contributed by atoms with Gasteiger partial charge in [0, 0.05) is 12.1 Å². The standard InChI is InChI=1S/C20H16F2N8/c1-2-14(28-19-17-18(25-9-24-17)26-10-27-19)20-29-15-4-3-11(21)6-16(15)30(20)13-5-12(22)7-23-8-13/h3-10,14H,2H2,1H3,(H2,24,25,26,27,28). The molecule has 4 heterocycles. The predicted octanol–water partition coefficient (Wildman–Crippen LogP) is 3.93. The fraction of sp³-hybridized carbons (Fsp3) is 0.150. The van der Waals surface area contributed by atoms with Gasteiger partial charge in [0.15, 0.2) is 11.5 Å². The lowest BCUT2D eigenvalue weighted by molar-refractivity contribution is 0.617. The van der Waals surface area contributed by atoms with Gasteiger partial charge in [-0.1, -0.05) is 6.92 Å². The number of H-pyrrole nitrogens is 1. The zero-order valence-corrected chi connectivity index (χ0v) is 15.8. The van der Waals surface area contributed by atoms with Gasteiger partial charge in [-0.15, -0.1) is 0 Å². The lowest BCUT2D eigenvalue weighted by atomic mass is 10.2. The summed E-state index contributed by atoms with van der Waals surface area (Å²) in [6, 6.07) is 5.35. The molecule has 0 bridgehead atoms. The molecule has 1 aromatic carbocycles. The van der Waals surface area contributed by atoms with Crippen LogP contribution in [0.4, 0.5) is 14.6 Å². The Morgan fingerprint density at radius 2 is 2.00 bits per heavy atom. The van der Waals surface area contributed by atoms with E-state index in [1.807, 2.05) is 6.92 Å². The minimum absolute atomic E-state index is 0.315. The van der Waals surface area contributed by atoms with Crippen LogP contribution in [0.5, 0.6) is 0 Å². The molecule has 0 aliphatic heterocycles. The van der Waals surface area contributed by atoms with Gasteiger partial charge < -0.3 is 10.3 Å². The molecule has 0 spiro atoms.